The number of hydrogen-bond donors (Lipinski definition) is 0. The van der Waals surface area contributed by atoms with Crippen molar-refractivity contribution in [3.05, 3.63) is 64.8 Å². The first-order chi connectivity index (χ1) is 13.7. The molecule has 2 saturated carbocycles. The van der Waals surface area contributed by atoms with Crippen molar-refractivity contribution in [2.45, 2.75) is 77.0 Å². The number of aromatic nitrogens is 1. The van der Waals surface area contributed by atoms with Crippen LogP contribution >= 0.6 is 0 Å². The fraction of sp³-hybridized carbons (Fsp3) is 0.444. The number of fused-ring (bicyclic) bond motifs is 1. The molecule has 28 heavy (non-hydrogen) atoms. The summed E-state index contributed by atoms with van der Waals surface area (Å²) in [5.74, 6) is 1.44. The lowest BCUT2D eigenvalue weighted by Gasteiger charge is -2.18. The van der Waals surface area contributed by atoms with Gasteiger partial charge in [-0.15, -0.1) is 0 Å². The van der Waals surface area contributed by atoms with Gasteiger partial charge in [-0.05, 0) is 86.1 Å². The van der Waals surface area contributed by atoms with Crippen LogP contribution in [0, 0.1) is 13.8 Å². The maximum absolute atomic E-state index is 5.07. The summed E-state index contributed by atoms with van der Waals surface area (Å²) >= 11 is 0. The summed E-state index contributed by atoms with van der Waals surface area (Å²) in [6, 6.07) is 14.2. The molecule has 2 fully saturated rings. The quantitative estimate of drug-likeness (QED) is 0.458. The molecule has 1 heteroatoms. The van der Waals surface area contributed by atoms with Gasteiger partial charge in [-0.1, -0.05) is 55.0 Å². The maximum atomic E-state index is 5.07. The molecule has 0 radical (unpaired) electrons. The van der Waals surface area contributed by atoms with E-state index in [1.807, 2.05) is 0 Å². The summed E-state index contributed by atoms with van der Waals surface area (Å²) < 4.78 is 0. The molecule has 1 aromatic heterocycles. The lowest BCUT2D eigenvalue weighted by atomic mass is 9.88. The molecule has 2 aliphatic carbocycles. The molecule has 0 amide bonds. The molecule has 0 aliphatic heterocycles. The number of benzene rings is 2. The highest BCUT2D eigenvalue weighted by molar-refractivity contribution is 5.97. The summed E-state index contributed by atoms with van der Waals surface area (Å²) in [7, 11) is 0. The zero-order chi connectivity index (χ0) is 19.1. The molecule has 1 heterocycles. The predicted octanol–water partition coefficient (Wildman–Crippen LogP) is 7.83. The third-order valence-electron chi connectivity index (χ3n) is 7.06. The summed E-state index contributed by atoms with van der Waals surface area (Å²) in [6.07, 6.45) is 13.0. The summed E-state index contributed by atoms with van der Waals surface area (Å²) in [6.45, 7) is 4.38. The lowest BCUT2D eigenvalue weighted by molar-refractivity contribution is 0.721. The Kier molecular flexibility index (Phi) is 4.70. The van der Waals surface area contributed by atoms with E-state index in [0.717, 1.165) is 5.92 Å². The number of nitrogens with zero attached hydrogens (tertiary/aromatic N) is 1. The SMILES string of the molecule is Cc1cc(C)cc(-c2ncc(C3CCCC3)c3ccc(C4CCCC4)cc23)c1. The normalized spacial score (nSPS) is 18.4. The Morgan fingerprint density at radius 1 is 0.714 bits per heavy atom. The third-order valence-corrected chi connectivity index (χ3v) is 7.06. The van der Waals surface area contributed by atoms with E-state index >= 15 is 0 Å². The van der Waals surface area contributed by atoms with Crippen molar-refractivity contribution in [3.63, 3.8) is 0 Å². The van der Waals surface area contributed by atoms with Crippen molar-refractivity contribution >= 4 is 10.8 Å². The van der Waals surface area contributed by atoms with Crippen LogP contribution in [0.3, 0.4) is 0 Å². The molecule has 5 rings (SSSR count). The van der Waals surface area contributed by atoms with E-state index in [-0.39, 0.29) is 0 Å². The van der Waals surface area contributed by atoms with Crippen LogP contribution in [0.4, 0.5) is 0 Å². The van der Waals surface area contributed by atoms with Crippen LogP contribution in [0.5, 0.6) is 0 Å². The molecule has 0 spiro atoms. The van der Waals surface area contributed by atoms with Gasteiger partial charge in [-0.2, -0.15) is 0 Å². The van der Waals surface area contributed by atoms with Crippen LogP contribution in [0.15, 0.2) is 42.6 Å². The van der Waals surface area contributed by atoms with Gasteiger partial charge in [0.1, 0.15) is 0 Å². The lowest BCUT2D eigenvalue weighted by Crippen LogP contribution is -2.00. The second-order valence-corrected chi connectivity index (χ2v) is 9.21. The van der Waals surface area contributed by atoms with E-state index in [4.69, 9.17) is 4.98 Å². The molecular weight excluding hydrogens is 338 g/mol. The molecular formula is C27H31N. The second kappa shape index (κ2) is 7.35. The number of hydrogen-bond acceptors (Lipinski definition) is 1. The smallest absolute Gasteiger partial charge is 0.0780 e. The Hall–Kier alpha value is -2.15. The van der Waals surface area contributed by atoms with Gasteiger partial charge in [-0.3, -0.25) is 4.98 Å². The van der Waals surface area contributed by atoms with Crippen molar-refractivity contribution in [1.29, 1.82) is 0 Å². The topological polar surface area (TPSA) is 12.9 Å². The average molecular weight is 370 g/mol. The zero-order valence-corrected chi connectivity index (χ0v) is 17.3. The maximum Gasteiger partial charge on any atom is 0.0780 e. The number of pyridine rings is 1. The molecule has 1 nitrogen and oxygen atoms in total. The van der Waals surface area contributed by atoms with Gasteiger partial charge in [0.2, 0.25) is 0 Å². The van der Waals surface area contributed by atoms with E-state index < -0.39 is 0 Å². The Morgan fingerprint density at radius 3 is 2.04 bits per heavy atom. The fourth-order valence-electron chi connectivity index (χ4n) is 5.70. The molecule has 0 unspecified atom stereocenters. The highest BCUT2D eigenvalue weighted by Gasteiger charge is 2.23. The van der Waals surface area contributed by atoms with E-state index in [9.17, 15) is 0 Å². The summed E-state index contributed by atoms with van der Waals surface area (Å²) in [5, 5.41) is 2.82. The van der Waals surface area contributed by atoms with Crippen LogP contribution in [0.2, 0.25) is 0 Å². The summed E-state index contributed by atoms with van der Waals surface area (Å²) in [5.41, 5.74) is 8.08. The van der Waals surface area contributed by atoms with Crippen LogP contribution in [-0.2, 0) is 0 Å². The average Bonchev–Trinajstić information content (AvgIpc) is 3.40. The minimum absolute atomic E-state index is 0.695. The first kappa shape index (κ1) is 17.9. The Bertz CT molecular complexity index is 984. The number of aryl methyl sites for hydroxylation is 2. The largest absolute Gasteiger partial charge is 0.255 e. The Labute approximate surface area is 169 Å². The first-order valence-corrected chi connectivity index (χ1v) is 11.2. The van der Waals surface area contributed by atoms with E-state index in [2.05, 4.69) is 56.4 Å². The molecule has 0 N–H and O–H groups in total. The van der Waals surface area contributed by atoms with Gasteiger partial charge in [0.15, 0.2) is 0 Å². The fourth-order valence-corrected chi connectivity index (χ4v) is 5.70. The van der Waals surface area contributed by atoms with Crippen molar-refractivity contribution < 1.29 is 0 Å². The molecule has 144 valence electrons. The van der Waals surface area contributed by atoms with E-state index in [1.54, 1.807) is 0 Å². The molecule has 2 aliphatic rings. The Morgan fingerprint density at radius 2 is 1.36 bits per heavy atom. The van der Waals surface area contributed by atoms with Crippen molar-refractivity contribution in [2.75, 3.05) is 0 Å². The van der Waals surface area contributed by atoms with Gasteiger partial charge >= 0.3 is 0 Å². The van der Waals surface area contributed by atoms with Gasteiger partial charge < -0.3 is 0 Å². The van der Waals surface area contributed by atoms with Gasteiger partial charge in [0.25, 0.3) is 0 Å². The van der Waals surface area contributed by atoms with E-state index in [1.165, 1.54) is 95.7 Å². The third kappa shape index (κ3) is 3.26. The van der Waals surface area contributed by atoms with Crippen molar-refractivity contribution in [1.82, 2.24) is 4.98 Å². The van der Waals surface area contributed by atoms with Crippen LogP contribution in [0.25, 0.3) is 22.0 Å². The molecule has 0 atom stereocenters. The minimum Gasteiger partial charge on any atom is -0.255 e. The Balaban J connectivity index is 1.71. The highest BCUT2D eigenvalue weighted by Crippen LogP contribution is 2.42. The van der Waals surface area contributed by atoms with E-state index in [0.29, 0.717) is 5.92 Å². The van der Waals surface area contributed by atoms with Crippen molar-refractivity contribution in [2.24, 2.45) is 0 Å². The predicted molar refractivity (Wildman–Crippen MR) is 119 cm³/mol. The number of rotatable bonds is 3. The second-order valence-electron chi connectivity index (χ2n) is 9.21. The standard InChI is InChI=1S/C27H31N/c1-18-13-19(2)15-23(14-18)27-25-16-22(20-7-3-4-8-20)11-12-24(25)26(17-28-27)21-9-5-6-10-21/h11-17,20-21H,3-10H2,1-2H3. The van der Waals surface area contributed by atoms with Gasteiger partial charge in [0, 0.05) is 17.1 Å². The minimum atomic E-state index is 0.695. The highest BCUT2D eigenvalue weighted by atomic mass is 14.7. The van der Waals surface area contributed by atoms with Gasteiger partial charge in [0.05, 0.1) is 5.69 Å². The molecule has 0 saturated heterocycles. The summed E-state index contributed by atoms with van der Waals surface area (Å²) in [4.78, 5) is 5.07. The molecule has 0 bridgehead atoms. The molecule has 2 aromatic carbocycles. The monoisotopic (exact) mass is 369 g/mol. The van der Waals surface area contributed by atoms with Gasteiger partial charge in [-0.25, -0.2) is 0 Å². The zero-order valence-electron chi connectivity index (χ0n) is 17.3. The van der Waals surface area contributed by atoms with Crippen LogP contribution in [-0.4, -0.2) is 4.98 Å². The van der Waals surface area contributed by atoms with Crippen LogP contribution < -0.4 is 0 Å². The van der Waals surface area contributed by atoms with Crippen LogP contribution in [0.1, 0.15) is 85.5 Å². The molecule has 3 aromatic rings. The first-order valence-electron chi connectivity index (χ1n) is 11.2. The van der Waals surface area contributed by atoms with Crippen molar-refractivity contribution in [3.8, 4) is 11.3 Å².